The number of hydrogen-bond acceptors (Lipinski definition) is 3. The van der Waals surface area contributed by atoms with Gasteiger partial charge in [0.25, 0.3) is 5.56 Å². The normalized spacial score (nSPS) is 10.5. The summed E-state index contributed by atoms with van der Waals surface area (Å²) in [6.07, 6.45) is 0. The second-order valence-electron chi connectivity index (χ2n) is 3.65. The van der Waals surface area contributed by atoms with Crippen molar-refractivity contribution in [3.8, 4) is 11.3 Å². The van der Waals surface area contributed by atoms with Gasteiger partial charge in [-0.2, -0.15) is 5.10 Å². The van der Waals surface area contributed by atoms with Crippen molar-refractivity contribution in [3.05, 3.63) is 51.3 Å². The van der Waals surface area contributed by atoms with Gasteiger partial charge < -0.3 is 5.11 Å². The lowest BCUT2D eigenvalue weighted by molar-refractivity contribution is 0.279. The fourth-order valence-corrected chi connectivity index (χ4v) is 1.67. The minimum atomic E-state index is -0.296. The molecule has 1 aromatic heterocycles. The summed E-state index contributed by atoms with van der Waals surface area (Å²) >= 11 is 5.80. The predicted molar refractivity (Wildman–Crippen MR) is 65.8 cm³/mol. The van der Waals surface area contributed by atoms with Crippen LogP contribution in [0.5, 0.6) is 0 Å². The van der Waals surface area contributed by atoms with E-state index in [2.05, 4.69) is 5.10 Å². The van der Waals surface area contributed by atoms with Crippen LogP contribution in [0.3, 0.4) is 0 Å². The maximum atomic E-state index is 11.6. The second kappa shape index (κ2) is 4.69. The molecule has 0 unspecified atom stereocenters. The van der Waals surface area contributed by atoms with E-state index in [1.165, 1.54) is 4.68 Å². The molecular weight excluding hydrogens is 240 g/mol. The van der Waals surface area contributed by atoms with Crippen molar-refractivity contribution < 1.29 is 5.11 Å². The molecule has 0 radical (unpaired) electrons. The van der Waals surface area contributed by atoms with E-state index in [0.717, 1.165) is 5.56 Å². The predicted octanol–water partition coefficient (Wildman–Crippen LogP) is 1.59. The van der Waals surface area contributed by atoms with Crippen LogP contribution in [0.15, 0.2) is 35.1 Å². The van der Waals surface area contributed by atoms with Crippen LogP contribution >= 0.6 is 11.6 Å². The van der Waals surface area contributed by atoms with Crippen LogP contribution in [0.2, 0.25) is 5.02 Å². The lowest BCUT2D eigenvalue weighted by Crippen LogP contribution is -2.23. The van der Waals surface area contributed by atoms with Crippen LogP contribution < -0.4 is 5.56 Å². The van der Waals surface area contributed by atoms with Crippen molar-refractivity contribution in [3.63, 3.8) is 0 Å². The Bertz CT molecular complexity index is 590. The zero-order valence-electron chi connectivity index (χ0n) is 9.22. The van der Waals surface area contributed by atoms with Gasteiger partial charge in [-0.05, 0) is 18.2 Å². The first-order valence-corrected chi connectivity index (χ1v) is 5.43. The first kappa shape index (κ1) is 11.8. The van der Waals surface area contributed by atoms with Gasteiger partial charge in [-0.25, -0.2) is 4.68 Å². The highest BCUT2D eigenvalue weighted by atomic mass is 35.5. The lowest BCUT2D eigenvalue weighted by Gasteiger charge is -2.05. The molecule has 1 heterocycles. The SMILES string of the molecule is Cn1nc(-c2ccc(Cl)cc2)cc(CO)c1=O. The second-order valence-corrected chi connectivity index (χ2v) is 4.09. The van der Waals surface area contributed by atoms with Gasteiger partial charge in [0.05, 0.1) is 12.3 Å². The highest BCUT2D eigenvalue weighted by molar-refractivity contribution is 6.30. The molecule has 0 saturated heterocycles. The van der Waals surface area contributed by atoms with E-state index in [4.69, 9.17) is 16.7 Å². The molecule has 2 aromatic rings. The third-order valence-corrected chi connectivity index (χ3v) is 2.70. The molecule has 0 fully saturated rings. The smallest absolute Gasteiger partial charge is 0.272 e. The van der Waals surface area contributed by atoms with Gasteiger partial charge in [0.2, 0.25) is 0 Å². The van der Waals surface area contributed by atoms with Gasteiger partial charge in [-0.3, -0.25) is 4.79 Å². The van der Waals surface area contributed by atoms with Gasteiger partial charge in [0, 0.05) is 23.2 Å². The van der Waals surface area contributed by atoms with Crippen LogP contribution in [0, 0.1) is 0 Å². The highest BCUT2D eigenvalue weighted by Gasteiger charge is 2.06. The topological polar surface area (TPSA) is 55.1 Å². The summed E-state index contributed by atoms with van der Waals surface area (Å²) in [4.78, 5) is 11.6. The Kier molecular flexibility index (Phi) is 3.26. The average Bonchev–Trinajstić information content (AvgIpc) is 2.33. The fourth-order valence-electron chi connectivity index (χ4n) is 1.55. The zero-order valence-corrected chi connectivity index (χ0v) is 9.98. The van der Waals surface area contributed by atoms with E-state index in [-0.39, 0.29) is 12.2 Å². The van der Waals surface area contributed by atoms with Crippen molar-refractivity contribution in [1.29, 1.82) is 0 Å². The van der Waals surface area contributed by atoms with Crippen LogP contribution in [0.4, 0.5) is 0 Å². The summed E-state index contributed by atoms with van der Waals surface area (Å²) in [7, 11) is 1.56. The van der Waals surface area contributed by atoms with Gasteiger partial charge in [-0.15, -0.1) is 0 Å². The number of hydrogen-bond donors (Lipinski definition) is 1. The molecular formula is C12H11ClN2O2. The Morgan fingerprint density at radius 3 is 2.59 bits per heavy atom. The Morgan fingerprint density at radius 2 is 2.00 bits per heavy atom. The summed E-state index contributed by atoms with van der Waals surface area (Å²) in [6.45, 7) is -0.296. The van der Waals surface area contributed by atoms with Gasteiger partial charge in [0.15, 0.2) is 0 Å². The van der Waals surface area contributed by atoms with Gasteiger partial charge in [0.1, 0.15) is 0 Å². The maximum Gasteiger partial charge on any atom is 0.272 e. The number of halogens is 1. The Hall–Kier alpha value is -1.65. The number of nitrogens with zero attached hydrogens (tertiary/aromatic N) is 2. The summed E-state index contributed by atoms with van der Waals surface area (Å²) in [5.41, 5.74) is 1.52. The average molecular weight is 251 g/mol. The van der Waals surface area contributed by atoms with Crippen molar-refractivity contribution >= 4 is 11.6 Å². The first-order chi connectivity index (χ1) is 8.11. The molecule has 0 aliphatic carbocycles. The summed E-state index contributed by atoms with van der Waals surface area (Å²) < 4.78 is 1.22. The molecule has 0 atom stereocenters. The fraction of sp³-hybridized carbons (Fsp3) is 0.167. The molecule has 0 bridgehead atoms. The Morgan fingerprint density at radius 1 is 1.35 bits per heavy atom. The van der Waals surface area contributed by atoms with Crippen molar-refractivity contribution in [2.75, 3.05) is 0 Å². The molecule has 0 spiro atoms. The van der Waals surface area contributed by atoms with E-state index in [1.54, 1.807) is 25.2 Å². The third kappa shape index (κ3) is 2.38. The molecule has 1 N–H and O–H groups in total. The molecule has 0 amide bonds. The molecule has 88 valence electrons. The summed E-state index contributed by atoms with van der Waals surface area (Å²) in [5, 5.41) is 13.9. The zero-order chi connectivity index (χ0) is 12.4. The lowest BCUT2D eigenvalue weighted by atomic mass is 10.1. The first-order valence-electron chi connectivity index (χ1n) is 5.06. The standard InChI is InChI=1S/C12H11ClN2O2/c1-15-12(17)9(7-16)6-11(14-15)8-2-4-10(13)5-3-8/h2-6,16H,7H2,1H3. The maximum absolute atomic E-state index is 11.6. The highest BCUT2D eigenvalue weighted by Crippen LogP contribution is 2.19. The quantitative estimate of drug-likeness (QED) is 0.881. The van der Waals surface area contributed by atoms with Crippen LogP contribution in [-0.2, 0) is 13.7 Å². The summed E-state index contributed by atoms with van der Waals surface area (Å²) in [5.74, 6) is 0. The number of benzene rings is 1. The Balaban J connectivity index is 2.56. The van der Waals surface area contributed by atoms with E-state index in [0.29, 0.717) is 16.3 Å². The number of aliphatic hydroxyl groups excluding tert-OH is 1. The molecule has 4 nitrogen and oxygen atoms in total. The van der Waals surface area contributed by atoms with Crippen LogP contribution in [0.25, 0.3) is 11.3 Å². The molecule has 2 rings (SSSR count). The number of rotatable bonds is 2. The van der Waals surface area contributed by atoms with E-state index < -0.39 is 0 Å². The van der Waals surface area contributed by atoms with Crippen LogP contribution in [-0.4, -0.2) is 14.9 Å². The molecule has 17 heavy (non-hydrogen) atoms. The van der Waals surface area contributed by atoms with E-state index in [1.807, 2.05) is 12.1 Å². The van der Waals surface area contributed by atoms with E-state index in [9.17, 15) is 4.79 Å². The monoisotopic (exact) mass is 250 g/mol. The van der Waals surface area contributed by atoms with Crippen molar-refractivity contribution in [1.82, 2.24) is 9.78 Å². The number of aryl methyl sites for hydroxylation is 1. The molecule has 0 saturated carbocycles. The molecule has 5 heteroatoms. The Labute approximate surface area is 103 Å². The summed E-state index contributed by atoms with van der Waals surface area (Å²) in [6, 6.07) is 8.72. The molecule has 0 aliphatic heterocycles. The third-order valence-electron chi connectivity index (χ3n) is 2.45. The van der Waals surface area contributed by atoms with Crippen molar-refractivity contribution in [2.24, 2.45) is 7.05 Å². The van der Waals surface area contributed by atoms with Gasteiger partial charge >= 0.3 is 0 Å². The van der Waals surface area contributed by atoms with Gasteiger partial charge in [-0.1, -0.05) is 23.7 Å². The van der Waals surface area contributed by atoms with E-state index >= 15 is 0 Å². The number of aromatic nitrogens is 2. The molecule has 0 aliphatic rings. The molecule has 1 aromatic carbocycles. The van der Waals surface area contributed by atoms with Crippen LogP contribution in [0.1, 0.15) is 5.56 Å². The largest absolute Gasteiger partial charge is 0.391 e. The van der Waals surface area contributed by atoms with Crippen molar-refractivity contribution in [2.45, 2.75) is 6.61 Å². The minimum Gasteiger partial charge on any atom is -0.391 e. The minimum absolute atomic E-state index is 0.287. The number of aliphatic hydroxyl groups is 1.